The number of hydrogen-bond donors (Lipinski definition) is 1. The second kappa shape index (κ2) is 8.78. The highest BCUT2D eigenvalue weighted by Gasteiger charge is 2.27. The Labute approximate surface area is 173 Å². The third kappa shape index (κ3) is 5.90. The minimum Gasteiger partial charge on any atom is -0.271 e. The Morgan fingerprint density at radius 2 is 1.59 bits per heavy atom. The lowest BCUT2D eigenvalue weighted by Crippen LogP contribution is -2.40. The summed E-state index contributed by atoms with van der Waals surface area (Å²) in [5.41, 5.74) is 5.30. The molecule has 156 valence electrons. The molecule has 0 atom stereocenters. The van der Waals surface area contributed by atoms with Crippen molar-refractivity contribution in [3.05, 3.63) is 59.7 Å². The van der Waals surface area contributed by atoms with Gasteiger partial charge in [0.05, 0.1) is 10.6 Å². The standard InChI is InChI=1S/C22H29N3O3S/c1-16-12-17(2)14-19(13-16)25(29(27,28)20-10-8-7-9-11-20)15-21(26)24-23-18(3)22(4,5)6/h7-14H,15H2,1-6H3,(H,24,26)/b23-18-. The highest BCUT2D eigenvalue weighted by atomic mass is 32.2. The Morgan fingerprint density at radius 1 is 1.03 bits per heavy atom. The Kier molecular flexibility index (Phi) is 6.85. The predicted octanol–water partition coefficient (Wildman–Crippen LogP) is 4.04. The lowest BCUT2D eigenvalue weighted by atomic mass is 9.91. The molecule has 0 saturated carbocycles. The average molecular weight is 416 g/mol. The summed E-state index contributed by atoms with van der Waals surface area (Å²) in [4.78, 5) is 12.7. The molecule has 0 heterocycles. The molecule has 0 fully saturated rings. The fourth-order valence-corrected chi connectivity index (χ4v) is 4.03. The number of aryl methyl sites for hydroxylation is 2. The maximum absolute atomic E-state index is 13.3. The van der Waals surface area contributed by atoms with Gasteiger partial charge in [0.25, 0.3) is 15.9 Å². The zero-order valence-electron chi connectivity index (χ0n) is 17.9. The van der Waals surface area contributed by atoms with Crippen LogP contribution in [0.15, 0.2) is 58.5 Å². The molecule has 0 aromatic heterocycles. The topological polar surface area (TPSA) is 78.8 Å². The van der Waals surface area contributed by atoms with Crippen molar-refractivity contribution in [3.63, 3.8) is 0 Å². The van der Waals surface area contributed by atoms with Crippen molar-refractivity contribution in [2.45, 2.75) is 46.4 Å². The summed E-state index contributed by atoms with van der Waals surface area (Å²) in [5, 5.41) is 4.13. The first-order chi connectivity index (χ1) is 13.4. The van der Waals surface area contributed by atoms with E-state index in [4.69, 9.17) is 0 Å². The minimum absolute atomic E-state index is 0.126. The largest absolute Gasteiger partial charge is 0.271 e. The average Bonchev–Trinajstić information content (AvgIpc) is 2.63. The van der Waals surface area contributed by atoms with Crippen molar-refractivity contribution in [1.29, 1.82) is 0 Å². The predicted molar refractivity (Wildman–Crippen MR) is 118 cm³/mol. The van der Waals surface area contributed by atoms with Crippen LogP contribution in [0, 0.1) is 19.3 Å². The van der Waals surface area contributed by atoms with Crippen LogP contribution in [-0.2, 0) is 14.8 Å². The van der Waals surface area contributed by atoms with Gasteiger partial charge in [-0.3, -0.25) is 9.10 Å². The molecule has 0 radical (unpaired) electrons. The zero-order chi connectivity index (χ0) is 21.8. The number of sulfonamides is 1. The molecule has 1 N–H and O–H groups in total. The first-order valence-electron chi connectivity index (χ1n) is 9.41. The van der Waals surface area contributed by atoms with Crippen molar-refractivity contribution in [3.8, 4) is 0 Å². The lowest BCUT2D eigenvalue weighted by Gasteiger charge is -2.25. The molecule has 0 spiro atoms. The van der Waals surface area contributed by atoms with Crippen LogP contribution in [0.3, 0.4) is 0 Å². The number of rotatable bonds is 6. The zero-order valence-corrected chi connectivity index (χ0v) is 18.7. The number of benzene rings is 2. The smallest absolute Gasteiger partial charge is 0.264 e. The number of carbonyl (C=O) groups is 1. The maximum Gasteiger partial charge on any atom is 0.264 e. The summed E-state index contributed by atoms with van der Waals surface area (Å²) < 4.78 is 27.7. The molecule has 0 aliphatic rings. The van der Waals surface area contributed by atoms with E-state index in [0.717, 1.165) is 21.1 Å². The van der Waals surface area contributed by atoms with Crippen LogP contribution in [0.2, 0.25) is 0 Å². The van der Waals surface area contributed by atoms with E-state index in [0.29, 0.717) is 5.69 Å². The minimum atomic E-state index is -3.93. The number of nitrogens with zero attached hydrogens (tertiary/aromatic N) is 2. The number of carbonyl (C=O) groups excluding carboxylic acids is 1. The molecule has 0 unspecified atom stereocenters. The van der Waals surface area contributed by atoms with E-state index >= 15 is 0 Å². The highest BCUT2D eigenvalue weighted by Crippen LogP contribution is 2.25. The quantitative estimate of drug-likeness (QED) is 0.571. The van der Waals surface area contributed by atoms with Crippen molar-refractivity contribution >= 4 is 27.3 Å². The van der Waals surface area contributed by atoms with Gasteiger partial charge in [0.1, 0.15) is 6.54 Å². The molecule has 7 heteroatoms. The van der Waals surface area contributed by atoms with Gasteiger partial charge >= 0.3 is 0 Å². The summed E-state index contributed by atoms with van der Waals surface area (Å²) in [6.07, 6.45) is 0. The fourth-order valence-electron chi connectivity index (χ4n) is 2.61. The maximum atomic E-state index is 13.3. The molecule has 0 aliphatic carbocycles. The number of hydrazone groups is 1. The van der Waals surface area contributed by atoms with Crippen LogP contribution >= 0.6 is 0 Å². The summed E-state index contributed by atoms with van der Waals surface area (Å²) >= 11 is 0. The third-order valence-corrected chi connectivity index (χ3v) is 6.33. The van der Waals surface area contributed by atoms with Gasteiger partial charge in [-0.15, -0.1) is 0 Å². The van der Waals surface area contributed by atoms with E-state index in [1.165, 1.54) is 12.1 Å². The van der Waals surface area contributed by atoms with E-state index in [9.17, 15) is 13.2 Å². The number of anilines is 1. The van der Waals surface area contributed by atoms with Crippen LogP contribution in [0.4, 0.5) is 5.69 Å². The third-order valence-electron chi connectivity index (χ3n) is 4.55. The van der Waals surface area contributed by atoms with Gasteiger partial charge in [-0.2, -0.15) is 5.10 Å². The summed E-state index contributed by atoms with van der Waals surface area (Å²) in [6.45, 7) is 11.2. The molecule has 2 aromatic rings. The first-order valence-corrected chi connectivity index (χ1v) is 10.8. The van der Waals surface area contributed by atoms with E-state index in [-0.39, 0.29) is 16.9 Å². The molecular formula is C22H29N3O3S. The summed E-state index contributed by atoms with van der Waals surface area (Å²) in [6, 6.07) is 13.6. The van der Waals surface area contributed by atoms with Crippen molar-refractivity contribution in [2.75, 3.05) is 10.8 Å². The second-order valence-electron chi connectivity index (χ2n) is 8.15. The molecule has 6 nitrogen and oxygen atoms in total. The van der Waals surface area contributed by atoms with Crippen LogP contribution < -0.4 is 9.73 Å². The summed E-state index contributed by atoms with van der Waals surface area (Å²) in [7, 11) is -3.93. The summed E-state index contributed by atoms with van der Waals surface area (Å²) in [5.74, 6) is -0.507. The van der Waals surface area contributed by atoms with Crippen molar-refractivity contribution in [1.82, 2.24) is 5.43 Å². The van der Waals surface area contributed by atoms with E-state index < -0.39 is 15.9 Å². The number of amides is 1. The normalized spacial score (nSPS) is 12.6. The van der Waals surface area contributed by atoms with E-state index in [2.05, 4.69) is 10.5 Å². The van der Waals surface area contributed by atoms with Crippen LogP contribution in [0.5, 0.6) is 0 Å². The SMILES string of the molecule is C/C(=N/NC(=O)CN(c1cc(C)cc(C)c1)S(=O)(=O)c1ccccc1)C(C)(C)C. The molecule has 0 saturated heterocycles. The Bertz CT molecular complexity index is 987. The van der Waals surface area contributed by atoms with Gasteiger partial charge in [0, 0.05) is 11.1 Å². The van der Waals surface area contributed by atoms with Gasteiger partial charge in [-0.05, 0) is 56.2 Å². The van der Waals surface area contributed by atoms with Gasteiger partial charge in [0.2, 0.25) is 0 Å². The molecule has 2 aromatic carbocycles. The molecule has 0 aliphatic heterocycles. The Balaban J connectivity index is 2.42. The lowest BCUT2D eigenvalue weighted by molar-refractivity contribution is -0.119. The number of hydrogen-bond acceptors (Lipinski definition) is 4. The van der Waals surface area contributed by atoms with Crippen LogP contribution in [0.25, 0.3) is 0 Å². The molecule has 1 amide bonds. The monoisotopic (exact) mass is 415 g/mol. The highest BCUT2D eigenvalue weighted by molar-refractivity contribution is 7.92. The van der Waals surface area contributed by atoms with Crippen molar-refractivity contribution in [2.24, 2.45) is 10.5 Å². The first kappa shape index (κ1) is 22.6. The molecule has 29 heavy (non-hydrogen) atoms. The molecule has 0 bridgehead atoms. The van der Waals surface area contributed by atoms with Crippen LogP contribution in [-0.4, -0.2) is 26.6 Å². The van der Waals surface area contributed by atoms with Crippen molar-refractivity contribution < 1.29 is 13.2 Å². The fraction of sp³-hybridized carbons (Fsp3) is 0.364. The van der Waals surface area contributed by atoms with Gasteiger partial charge in [0.15, 0.2) is 0 Å². The van der Waals surface area contributed by atoms with E-state index in [1.807, 2.05) is 47.6 Å². The van der Waals surface area contributed by atoms with Crippen LogP contribution in [0.1, 0.15) is 38.8 Å². The van der Waals surface area contributed by atoms with Gasteiger partial charge in [-0.25, -0.2) is 13.8 Å². The Hall–Kier alpha value is -2.67. The molecular weight excluding hydrogens is 386 g/mol. The Morgan fingerprint density at radius 3 is 2.10 bits per heavy atom. The van der Waals surface area contributed by atoms with Gasteiger partial charge in [-0.1, -0.05) is 45.0 Å². The number of nitrogens with one attached hydrogen (secondary N) is 1. The second-order valence-corrected chi connectivity index (χ2v) is 10.0. The molecule has 2 rings (SSSR count). The van der Waals surface area contributed by atoms with Gasteiger partial charge < -0.3 is 0 Å². The van der Waals surface area contributed by atoms with E-state index in [1.54, 1.807) is 30.3 Å².